The van der Waals surface area contributed by atoms with Gasteiger partial charge >= 0.3 is 12.4 Å². The van der Waals surface area contributed by atoms with Crippen LogP contribution in [0.5, 0.6) is 0 Å². The number of ether oxygens (including phenoxy) is 1. The quantitative estimate of drug-likeness (QED) is 0.528. The molecule has 142 valence electrons. The van der Waals surface area contributed by atoms with Crippen LogP contribution < -0.4 is 0 Å². The molecule has 2 aromatic rings. The Kier molecular flexibility index (Phi) is 6.34. The van der Waals surface area contributed by atoms with Crippen molar-refractivity contribution in [1.29, 1.82) is 0 Å². The summed E-state index contributed by atoms with van der Waals surface area (Å²) in [7, 11) is 0. The summed E-state index contributed by atoms with van der Waals surface area (Å²) < 4.78 is 82.6. The smallest absolute Gasteiger partial charge is 0.376 e. The number of rotatable bonds is 6. The van der Waals surface area contributed by atoms with E-state index in [1.54, 1.807) is 0 Å². The summed E-state index contributed by atoms with van der Waals surface area (Å²) in [5, 5.41) is 0. The molecule has 1 atom stereocenters. The molecule has 0 aromatic heterocycles. The van der Waals surface area contributed by atoms with E-state index in [0.717, 1.165) is 12.0 Å². The van der Waals surface area contributed by atoms with Crippen LogP contribution >= 0.6 is 0 Å². The van der Waals surface area contributed by atoms with Crippen molar-refractivity contribution in [2.24, 2.45) is 0 Å². The highest BCUT2D eigenvalue weighted by Crippen LogP contribution is 2.36. The minimum atomic E-state index is -4.86. The molecule has 0 saturated heterocycles. The Hall–Kier alpha value is -2.02. The molecule has 0 aliphatic rings. The third kappa shape index (κ3) is 5.49. The Morgan fingerprint density at radius 1 is 0.846 bits per heavy atom. The first-order chi connectivity index (χ1) is 12.1. The molecule has 0 amide bonds. The maximum absolute atomic E-state index is 12.9. The van der Waals surface area contributed by atoms with Gasteiger partial charge in [0.05, 0.1) is 24.3 Å². The molecule has 0 heterocycles. The predicted octanol–water partition coefficient (Wildman–Crippen LogP) is 6.43. The van der Waals surface area contributed by atoms with Gasteiger partial charge in [-0.3, -0.25) is 0 Å². The van der Waals surface area contributed by atoms with Crippen molar-refractivity contribution in [1.82, 2.24) is 0 Å². The van der Waals surface area contributed by atoms with Crippen LogP contribution in [0.3, 0.4) is 0 Å². The van der Waals surface area contributed by atoms with Gasteiger partial charge in [-0.25, -0.2) is 0 Å². The van der Waals surface area contributed by atoms with Gasteiger partial charge in [0.2, 0.25) is 0 Å². The van der Waals surface area contributed by atoms with Gasteiger partial charge in [-0.2, -0.15) is 26.3 Å². The van der Waals surface area contributed by atoms with Crippen LogP contribution in [0, 0.1) is 0 Å². The number of halogens is 6. The summed E-state index contributed by atoms with van der Waals surface area (Å²) in [6.07, 6.45) is -8.97. The van der Waals surface area contributed by atoms with Crippen LogP contribution in [-0.4, -0.2) is 6.61 Å². The molecule has 26 heavy (non-hydrogen) atoms. The van der Waals surface area contributed by atoms with Crippen molar-refractivity contribution in [2.45, 2.75) is 38.2 Å². The first kappa shape index (κ1) is 20.3. The lowest BCUT2D eigenvalue weighted by Crippen LogP contribution is -2.13. The average Bonchev–Trinajstić information content (AvgIpc) is 2.58. The van der Waals surface area contributed by atoms with E-state index >= 15 is 0 Å². The van der Waals surface area contributed by atoms with Gasteiger partial charge in [0.1, 0.15) is 0 Å². The lowest BCUT2D eigenvalue weighted by Gasteiger charge is -2.17. The van der Waals surface area contributed by atoms with Crippen LogP contribution in [0.25, 0.3) is 0 Å². The normalized spacial score (nSPS) is 13.7. The predicted molar refractivity (Wildman–Crippen MR) is 85.6 cm³/mol. The minimum Gasteiger partial charge on any atom is -0.376 e. The molecule has 2 rings (SSSR count). The summed E-state index contributed by atoms with van der Waals surface area (Å²) in [5.74, 6) is 0.0177. The van der Waals surface area contributed by atoms with E-state index in [4.69, 9.17) is 4.74 Å². The number of alkyl halides is 6. The van der Waals surface area contributed by atoms with Crippen molar-refractivity contribution in [3.8, 4) is 0 Å². The summed E-state index contributed by atoms with van der Waals surface area (Å²) in [4.78, 5) is 0. The molecule has 1 nitrogen and oxygen atoms in total. The maximum atomic E-state index is 12.9. The van der Waals surface area contributed by atoms with Gasteiger partial charge in [-0.1, -0.05) is 37.3 Å². The van der Waals surface area contributed by atoms with Crippen LogP contribution in [0.2, 0.25) is 0 Å². The third-order valence-electron chi connectivity index (χ3n) is 4.00. The Balaban J connectivity index is 2.13. The van der Waals surface area contributed by atoms with Gasteiger partial charge in [0, 0.05) is 5.92 Å². The van der Waals surface area contributed by atoms with Crippen molar-refractivity contribution < 1.29 is 31.1 Å². The summed E-state index contributed by atoms with van der Waals surface area (Å²) in [6, 6.07) is 10.9. The Labute approximate surface area is 147 Å². The first-order valence-corrected chi connectivity index (χ1v) is 8.02. The van der Waals surface area contributed by atoms with Gasteiger partial charge < -0.3 is 4.74 Å². The van der Waals surface area contributed by atoms with Crippen molar-refractivity contribution in [2.75, 3.05) is 6.61 Å². The maximum Gasteiger partial charge on any atom is 0.416 e. The van der Waals surface area contributed by atoms with E-state index in [0.29, 0.717) is 12.1 Å². The first-order valence-electron chi connectivity index (χ1n) is 8.02. The molecule has 7 heteroatoms. The molecule has 2 aromatic carbocycles. The molecule has 0 aliphatic carbocycles. The van der Waals surface area contributed by atoms with E-state index in [1.807, 2.05) is 37.3 Å². The second-order valence-electron chi connectivity index (χ2n) is 5.95. The second kappa shape index (κ2) is 8.12. The van der Waals surface area contributed by atoms with Crippen molar-refractivity contribution in [3.05, 3.63) is 70.8 Å². The molecule has 0 aliphatic heterocycles. The monoisotopic (exact) mass is 376 g/mol. The number of benzene rings is 2. The summed E-state index contributed by atoms with van der Waals surface area (Å²) >= 11 is 0. The van der Waals surface area contributed by atoms with Gasteiger partial charge in [-0.15, -0.1) is 0 Å². The highest BCUT2D eigenvalue weighted by atomic mass is 19.4. The molecule has 0 saturated carbocycles. The summed E-state index contributed by atoms with van der Waals surface area (Å²) in [6.45, 7) is 1.82. The molecule has 0 radical (unpaired) electrons. The number of hydrogen-bond donors (Lipinski definition) is 0. The van der Waals surface area contributed by atoms with E-state index in [1.165, 1.54) is 0 Å². The fourth-order valence-corrected chi connectivity index (χ4v) is 2.60. The Morgan fingerprint density at radius 3 is 1.85 bits per heavy atom. The molecule has 0 spiro atoms. The van der Waals surface area contributed by atoms with Gasteiger partial charge in [-0.05, 0) is 35.7 Å². The average molecular weight is 376 g/mol. The minimum absolute atomic E-state index is 0.0177. The van der Waals surface area contributed by atoms with E-state index in [2.05, 4.69) is 0 Å². The van der Waals surface area contributed by atoms with E-state index in [9.17, 15) is 26.3 Å². The standard InChI is InChI=1S/C19H18F6O/c1-2-14(15-6-4-3-5-7-15)12-26-11-13-8-16(18(20,21)22)10-17(9-13)19(23,24)25/h3-10,14H,2,11-12H2,1H3. The van der Waals surface area contributed by atoms with Gasteiger partial charge in [0.15, 0.2) is 0 Å². The van der Waals surface area contributed by atoms with Crippen LogP contribution in [-0.2, 0) is 23.7 Å². The largest absolute Gasteiger partial charge is 0.416 e. The molecule has 0 N–H and O–H groups in total. The lowest BCUT2D eigenvalue weighted by atomic mass is 9.97. The lowest BCUT2D eigenvalue weighted by molar-refractivity contribution is -0.143. The summed E-state index contributed by atoms with van der Waals surface area (Å²) in [5.41, 5.74) is -1.81. The molecule has 0 bridgehead atoms. The zero-order chi connectivity index (χ0) is 19.4. The SMILES string of the molecule is CCC(COCc1cc(C(F)(F)F)cc(C(F)(F)F)c1)c1ccccc1. The fraction of sp³-hybridized carbons (Fsp3) is 0.368. The van der Waals surface area contributed by atoms with Gasteiger partial charge in [0.25, 0.3) is 0 Å². The van der Waals surface area contributed by atoms with E-state index in [-0.39, 0.29) is 30.8 Å². The highest BCUT2D eigenvalue weighted by molar-refractivity contribution is 5.33. The molecule has 0 fully saturated rings. The Morgan fingerprint density at radius 2 is 1.38 bits per heavy atom. The molecule has 1 unspecified atom stereocenters. The molecular formula is C19H18F6O. The van der Waals surface area contributed by atoms with Crippen LogP contribution in [0.15, 0.2) is 48.5 Å². The van der Waals surface area contributed by atoms with E-state index < -0.39 is 23.5 Å². The number of hydrogen-bond acceptors (Lipinski definition) is 1. The van der Waals surface area contributed by atoms with Crippen molar-refractivity contribution >= 4 is 0 Å². The zero-order valence-corrected chi connectivity index (χ0v) is 14.0. The van der Waals surface area contributed by atoms with Crippen molar-refractivity contribution in [3.63, 3.8) is 0 Å². The van der Waals surface area contributed by atoms with Crippen LogP contribution in [0.1, 0.15) is 41.5 Å². The van der Waals surface area contributed by atoms with Crippen LogP contribution in [0.4, 0.5) is 26.3 Å². The zero-order valence-electron chi connectivity index (χ0n) is 14.0. The molecular weight excluding hydrogens is 358 g/mol. The highest BCUT2D eigenvalue weighted by Gasteiger charge is 2.36. The third-order valence-corrected chi connectivity index (χ3v) is 4.00. The topological polar surface area (TPSA) is 9.23 Å². The second-order valence-corrected chi connectivity index (χ2v) is 5.95. The fourth-order valence-electron chi connectivity index (χ4n) is 2.60. The Bertz CT molecular complexity index is 674.